The molecule has 28 heavy (non-hydrogen) atoms. The number of aromatic nitrogens is 5. The molecule has 10 nitrogen and oxygen atoms in total. The Hall–Kier alpha value is -2.79. The number of aryl methyl sites for hydroxylation is 2. The topological polar surface area (TPSA) is 129 Å². The first kappa shape index (κ1) is 20.0. The van der Waals surface area contributed by atoms with Crippen molar-refractivity contribution in [1.29, 1.82) is 0 Å². The molecule has 0 saturated heterocycles. The molecule has 0 aliphatic carbocycles. The number of anilines is 1. The SMILES string of the molecule is CCN(CC)S(=O)(=O)c1ccc(=O)n(CCCn2cnc3c(N)ncnc32)c1. The first-order chi connectivity index (χ1) is 13.4. The number of hydrogen-bond acceptors (Lipinski definition) is 7. The van der Waals surface area contributed by atoms with E-state index in [0.717, 1.165) is 0 Å². The number of pyridine rings is 1. The summed E-state index contributed by atoms with van der Waals surface area (Å²) in [6, 6.07) is 2.65. The van der Waals surface area contributed by atoms with Crippen molar-refractivity contribution < 1.29 is 8.42 Å². The first-order valence-electron chi connectivity index (χ1n) is 9.00. The summed E-state index contributed by atoms with van der Waals surface area (Å²) in [6.07, 6.45) is 4.99. The number of sulfonamides is 1. The van der Waals surface area contributed by atoms with Crippen molar-refractivity contribution in [3.05, 3.63) is 41.3 Å². The lowest BCUT2D eigenvalue weighted by Gasteiger charge is -2.19. The second-order valence-electron chi connectivity index (χ2n) is 6.21. The van der Waals surface area contributed by atoms with E-state index in [1.165, 1.54) is 33.5 Å². The molecule has 3 aromatic rings. The highest BCUT2D eigenvalue weighted by atomic mass is 32.2. The molecule has 0 aliphatic rings. The van der Waals surface area contributed by atoms with Crippen molar-refractivity contribution in [2.24, 2.45) is 0 Å². The molecule has 3 rings (SSSR count). The molecule has 0 bridgehead atoms. The minimum absolute atomic E-state index is 0.115. The van der Waals surface area contributed by atoms with E-state index in [4.69, 9.17) is 5.73 Å². The van der Waals surface area contributed by atoms with Crippen LogP contribution < -0.4 is 11.3 Å². The molecule has 0 spiro atoms. The Morgan fingerprint density at radius 3 is 2.50 bits per heavy atom. The van der Waals surface area contributed by atoms with Crippen molar-refractivity contribution in [2.75, 3.05) is 18.8 Å². The van der Waals surface area contributed by atoms with Crippen LogP contribution in [0.4, 0.5) is 5.82 Å². The van der Waals surface area contributed by atoms with Gasteiger partial charge in [0.15, 0.2) is 11.5 Å². The first-order valence-corrected chi connectivity index (χ1v) is 10.4. The molecular formula is C17H23N7O3S. The van der Waals surface area contributed by atoms with Gasteiger partial charge in [0.05, 0.1) is 11.2 Å². The fourth-order valence-electron chi connectivity index (χ4n) is 3.02. The van der Waals surface area contributed by atoms with Gasteiger partial charge in [-0.2, -0.15) is 4.31 Å². The van der Waals surface area contributed by atoms with Gasteiger partial charge in [0.2, 0.25) is 10.0 Å². The van der Waals surface area contributed by atoms with Gasteiger partial charge in [-0.25, -0.2) is 23.4 Å². The van der Waals surface area contributed by atoms with Gasteiger partial charge >= 0.3 is 0 Å². The van der Waals surface area contributed by atoms with Crippen LogP contribution in [0.25, 0.3) is 11.2 Å². The van der Waals surface area contributed by atoms with Gasteiger partial charge in [0, 0.05) is 38.4 Å². The fourth-order valence-corrected chi connectivity index (χ4v) is 4.50. The number of nitrogen functional groups attached to an aromatic ring is 1. The number of rotatable bonds is 8. The van der Waals surface area contributed by atoms with Crippen molar-refractivity contribution in [2.45, 2.75) is 38.3 Å². The molecule has 2 N–H and O–H groups in total. The third-order valence-electron chi connectivity index (χ3n) is 4.53. The zero-order chi connectivity index (χ0) is 20.3. The van der Waals surface area contributed by atoms with Crippen molar-refractivity contribution in [3.63, 3.8) is 0 Å². The van der Waals surface area contributed by atoms with Crippen LogP contribution in [0.2, 0.25) is 0 Å². The van der Waals surface area contributed by atoms with E-state index in [9.17, 15) is 13.2 Å². The molecule has 0 saturated carbocycles. The largest absolute Gasteiger partial charge is 0.382 e. The van der Waals surface area contributed by atoms with Crippen LogP contribution in [-0.4, -0.2) is 49.9 Å². The Labute approximate surface area is 162 Å². The van der Waals surface area contributed by atoms with Gasteiger partial charge in [-0.15, -0.1) is 0 Å². The van der Waals surface area contributed by atoms with E-state index in [1.807, 2.05) is 4.57 Å². The number of hydrogen-bond donors (Lipinski definition) is 1. The lowest BCUT2D eigenvalue weighted by Crippen LogP contribution is -2.32. The third-order valence-corrected chi connectivity index (χ3v) is 6.56. The average Bonchev–Trinajstić information content (AvgIpc) is 3.08. The van der Waals surface area contributed by atoms with E-state index in [1.54, 1.807) is 20.2 Å². The molecule has 0 fully saturated rings. The maximum absolute atomic E-state index is 12.7. The summed E-state index contributed by atoms with van der Waals surface area (Å²) in [5.41, 5.74) is 6.69. The van der Waals surface area contributed by atoms with Crippen LogP contribution in [0.5, 0.6) is 0 Å². The molecule has 11 heteroatoms. The van der Waals surface area contributed by atoms with Crippen LogP contribution in [-0.2, 0) is 23.1 Å². The molecule has 0 amide bonds. The van der Waals surface area contributed by atoms with Crippen molar-refractivity contribution in [3.8, 4) is 0 Å². The van der Waals surface area contributed by atoms with Gasteiger partial charge in [-0.1, -0.05) is 13.8 Å². The van der Waals surface area contributed by atoms with Gasteiger partial charge in [0.1, 0.15) is 11.8 Å². The smallest absolute Gasteiger partial charge is 0.250 e. The summed E-state index contributed by atoms with van der Waals surface area (Å²) < 4.78 is 29.9. The standard InChI is InChI=1S/C17H23N7O3S/c1-3-24(4-2)28(26,27)13-6-7-14(25)22(10-13)8-5-9-23-12-21-15-16(18)19-11-20-17(15)23/h6-7,10-12H,3-5,8-9H2,1-2H3,(H2,18,19,20). The Balaban J connectivity index is 1.77. The zero-order valence-electron chi connectivity index (χ0n) is 15.8. The Morgan fingerprint density at radius 2 is 1.79 bits per heavy atom. The monoisotopic (exact) mass is 405 g/mol. The zero-order valence-corrected chi connectivity index (χ0v) is 16.6. The van der Waals surface area contributed by atoms with Crippen molar-refractivity contribution in [1.82, 2.24) is 28.4 Å². The summed E-state index contributed by atoms with van der Waals surface area (Å²) >= 11 is 0. The van der Waals surface area contributed by atoms with Crippen LogP contribution in [0.15, 0.2) is 40.7 Å². The predicted octanol–water partition coefficient (Wildman–Crippen LogP) is 0.691. The molecule has 150 valence electrons. The highest BCUT2D eigenvalue weighted by molar-refractivity contribution is 7.89. The highest BCUT2D eigenvalue weighted by Gasteiger charge is 2.22. The Bertz CT molecular complexity index is 1130. The lowest BCUT2D eigenvalue weighted by molar-refractivity contribution is 0.444. The van der Waals surface area contributed by atoms with Crippen molar-refractivity contribution >= 4 is 27.0 Å². The van der Waals surface area contributed by atoms with Crippen LogP contribution in [0.1, 0.15) is 20.3 Å². The van der Waals surface area contributed by atoms with Gasteiger partial charge in [-0.3, -0.25) is 4.79 Å². The molecule has 0 atom stereocenters. The molecule has 0 aromatic carbocycles. The maximum Gasteiger partial charge on any atom is 0.250 e. The average molecular weight is 405 g/mol. The summed E-state index contributed by atoms with van der Waals surface area (Å²) in [5.74, 6) is 0.314. The number of fused-ring (bicyclic) bond motifs is 1. The Morgan fingerprint density at radius 1 is 1.07 bits per heavy atom. The highest BCUT2D eigenvalue weighted by Crippen LogP contribution is 2.15. The Kier molecular flexibility index (Phi) is 5.75. The van der Waals surface area contributed by atoms with E-state index in [-0.39, 0.29) is 10.5 Å². The minimum atomic E-state index is -3.61. The second-order valence-corrected chi connectivity index (χ2v) is 8.15. The number of nitrogens with two attached hydrogens (primary N) is 1. The summed E-state index contributed by atoms with van der Waals surface area (Å²) in [4.78, 5) is 24.6. The van der Waals surface area contributed by atoms with Crippen LogP contribution >= 0.6 is 0 Å². The normalized spacial score (nSPS) is 12.1. The molecule has 3 heterocycles. The van der Waals surface area contributed by atoms with E-state index < -0.39 is 10.0 Å². The van der Waals surface area contributed by atoms with E-state index in [0.29, 0.717) is 49.6 Å². The third kappa shape index (κ3) is 3.76. The van der Waals surface area contributed by atoms with Gasteiger partial charge < -0.3 is 14.9 Å². The molecule has 0 radical (unpaired) electrons. The van der Waals surface area contributed by atoms with Gasteiger partial charge in [-0.05, 0) is 12.5 Å². The maximum atomic E-state index is 12.7. The molecule has 3 aromatic heterocycles. The fraction of sp³-hybridized carbons (Fsp3) is 0.412. The van der Waals surface area contributed by atoms with E-state index >= 15 is 0 Å². The molecular weight excluding hydrogens is 382 g/mol. The van der Waals surface area contributed by atoms with Gasteiger partial charge in [0.25, 0.3) is 5.56 Å². The summed E-state index contributed by atoms with van der Waals surface area (Å²) in [5, 5.41) is 0. The minimum Gasteiger partial charge on any atom is -0.382 e. The van der Waals surface area contributed by atoms with Crippen LogP contribution in [0, 0.1) is 0 Å². The summed E-state index contributed by atoms with van der Waals surface area (Å²) in [6.45, 7) is 5.21. The number of imidazole rings is 1. The number of nitrogens with zero attached hydrogens (tertiary/aromatic N) is 6. The predicted molar refractivity (Wildman–Crippen MR) is 105 cm³/mol. The second kappa shape index (κ2) is 8.07. The van der Waals surface area contributed by atoms with Crippen LogP contribution in [0.3, 0.4) is 0 Å². The summed E-state index contributed by atoms with van der Waals surface area (Å²) in [7, 11) is -3.61. The molecule has 0 unspecified atom stereocenters. The lowest BCUT2D eigenvalue weighted by atomic mass is 10.4. The quantitative estimate of drug-likeness (QED) is 0.584. The van der Waals surface area contributed by atoms with E-state index in [2.05, 4.69) is 15.0 Å². The molecule has 0 aliphatic heterocycles.